The van der Waals surface area contributed by atoms with Gasteiger partial charge in [-0.05, 0) is 56.0 Å². The maximum Gasteiger partial charge on any atom is 0.222 e. The van der Waals surface area contributed by atoms with Crippen molar-refractivity contribution in [2.45, 2.75) is 58.1 Å². The molecule has 1 N–H and O–H groups in total. The number of benzene rings is 2. The van der Waals surface area contributed by atoms with Crippen LogP contribution in [0.25, 0.3) is 0 Å². The number of hydrogen-bond acceptors (Lipinski definition) is 7. The van der Waals surface area contributed by atoms with Gasteiger partial charge in [0.1, 0.15) is 18.0 Å². The first-order valence-electron chi connectivity index (χ1n) is 14.7. The van der Waals surface area contributed by atoms with Crippen molar-refractivity contribution >= 4 is 11.8 Å². The molecule has 2 aliphatic rings. The maximum atomic E-state index is 12.3. The number of aryl methyl sites for hydroxylation is 1. The second-order valence-electron chi connectivity index (χ2n) is 11.4. The fraction of sp³-hybridized carbons (Fsp3) is 0.562. The molecule has 0 radical (unpaired) electrons. The second-order valence-corrected chi connectivity index (χ2v) is 11.4. The average molecular weight is 568 g/mol. The SMILES string of the molecule is COc1cc(CN2CCN(C(C)=O)C[C@@](O)(COc3ccc(C)cc3)C2)ccc1OCCCN1CCCCCC1=O. The van der Waals surface area contributed by atoms with Gasteiger partial charge in [-0.3, -0.25) is 14.5 Å². The van der Waals surface area contributed by atoms with Gasteiger partial charge in [-0.25, -0.2) is 0 Å². The van der Waals surface area contributed by atoms with E-state index in [-0.39, 0.29) is 25.0 Å². The molecular formula is C32H45N3O6. The number of carbonyl (C=O) groups excluding carboxylic acids is 2. The molecule has 2 amide bonds. The quantitative estimate of drug-likeness (QED) is 0.415. The summed E-state index contributed by atoms with van der Waals surface area (Å²) in [5.41, 5.74) is 0.924. The number of aliphatic hydroxyl groups is 1. The predicted octanol–water partition coefficient (Wildman–Crippen LogP) is 3.65. The lowest BCUT2D eigenvalue weighted by Crippen LogP contribution is -2.51. The summed E-state index contributed by atoms with van der Waals surface area (Å²) in [7, 11) is 1.62. The fourth-order valence-electron chi connectivity index (χ4n) is 5.49. The predicted molar refractivity (Wildman–Crippen MR) is 157 cm³/mol. The molecule has 9 nitrogen and oxygen atoms in total. The Morgan fingerprint density at radius 2 is 1.78 bits per heavy atom. The topological polar surface area (TPSA) is 91.8 Å². The number of amides is 2. The van der Waals surface area contributed by atoms with Gasteiger partial charge < -0.3 is 29.1 Å². The minimum Gasteiger partial charge on any atom is -0.493 e. The van der Waals surface area contributed by atoms with Crippen molar-refractivity contribution in [1.29, 1.82) is 0 Å². The normalized spacial score (nSPS) is 20.3. The molecule has 4 rings (SSSR count). The number of likely N-dealkylation sites (tertiary alicyclic amines) is 1. The number of nitrogens with zero attached hydrogens (tertiary/aromatic N) is 3. The molecule has 2 aromatic carbocycles. The van der Waals surface area contributed by atoms with E-state index in [1.165, 1.54) is 6.92 Å². The Bertz CT molecular complexity index is 1160. The Morgan fingerprint density at radius 1 is 0.976 bits per heavy atom. The molecule has 0 saturated carbocycles. The number of carbonyl (C=O) groups is 2. The van der Waals surface area contributed by atoms with Crippen molar-refractivity contribution < 1.29 is 28.9 Å². The number of methoxy groups -OCH3 is 1. The number of rotatable bonds is 11. The molecule has 0 bridgehead atoms. The van der Waals surface area contributed by atoms with E-state index in [0.717, 1.165) is 43.4 Å². The highest BCUT2D eigenvalue weighted by molar-refractivity contribution is 5.76. The standard InChI is InChI=1S/C32H45N3O6/c1-25-9-12-28(13-10-25)41-24-32(38)22-33(17-18-35(23-32)26(2)36)21-27-11-14-29(30(20-27)39-3)40-19-7-16-34-15-6-4-5-8-31(34)37/h9-14,20,38H,4-8,15-19,21-24H2,1-3H3/t32-/m1/s1. The highest BCUT2D eigenvalue weighted by Crippen LogP contribution is 2.29. The van der Waals surface area contributed by atoms with E-state index in [9.17, 15) is 14.7 Å². The lowest BCUT2D eigenvalue weighted by atomic mass is 10.0. The van der Waals surface area contributed by atoms with E-state index in [1.807, 2.05) is 54.3 Å². The highest BCUT2D eigenvalue weighted by atomic mass is 16.5. The van der Waals surface area contributed by atoms with Gasteiger partial charge in [0.2, 0.25) is 11.8 Å². The first-order chi connectivity index (χ1) is 19.7. The third-order valence-electron chi connectivity index (χ3n) is 7.80. The monoisotopic (exact) mass is 567 g/mol. The molecule has 2 aliphatic heterocycles. The smallest absolute Gasteiger partial charge is 0.222 e. The van der Waals surface area contributed by atoms with Gasteiger partial charge in [0.05, 0.1) is 20.3 Å². The minimum absolute atomic E-state index is 0.0657. The van der Waals surface area contributed by atoms with Gasteiger partial charge in [-0.1, -0.05) is 30.2 Å². The van der Waals surface area contributed by atoms with Crippen LogP contribution in [0.4, 0.5) is 0 Å². The molecule has 0 unspecified atom stereocenters. The van der Waals surface area contributed by atoms with Gasteiger partial charge in [-0.2, -0.15) is 0 Å². The minimum atomic E-state index is -1.23. The number of β-amino-alcohol motifs (C(OH)–C–C–N with tert-alkyl or cyclic N) is 1. The molecule has 2 heterocycles. The van der Waals surface area contributed by atoms with Crippen LogP contribution in [0.5, 0.6) is 17.2 Å². The summed E-state index contributed by atoms with van der Waals surface area (Å²) in [6.07, 6.45) is 4.60. The molecule has 9 heteroatoms. The van der Waals surface area contributed by atoms with Crippen molar-refractivity contribution in [1.82, 2.24) is 14.7 Å². The van der Waals surface area contributed by atoms with E-state index in [4.69, 9.17) is 14.2 Å². The highest BCUT2D eigenvalue weighted by Gasteiger charge is 2.37. The van der Waals surface area contributed by atoms with Crippen LogP contribution in [0.1, 0.15) is 50.2 Å². The van der Waals surface area contributed by atoms with Crippen LogP contribution in [0.2, 0.25) is 0 Å². The molecule has 2 saturated heterocycles. The van der Waals surface area contributed by atoms with Crippen LogP contribution < -0.4 is 14.2 Å². The molecule has 1 atom stereocenters. The molecule has 224 valence electrons. The van der Waals surface area contributed by atoms with E-state index in [0.29, 0.717) is 63.0 Å². The van der Waals surface area contributed by atoms with Crippen LogP contribution in [-0.2, 0) is 16.1 Å². The molecule has 41 heavy (non-hydrogen) atoms. The van der Waals surface area contributed by atoms with Gasteiger partial charge in [-0.15, -0.1) is 0 Å². The molecule has 0 aliphatic carbocycles. The second kappa shape index (κ2) is 14.5. The Hall–Kier alpha value is -3.30. The van der Waals surface area contributed by atoms with E-state index >= 15 is 0 Å². The summed E-state index contributed by atoms with van der Waals surface area (Å²) >= 11 is 0. The molecule has 0 aromatic heterocycles. The summed E-state index contributed by atoms with van der Waals surface area (Å²) in [5, 5.41) is 11.6. The van der Waals surface area contributed by atoms with Crippen LogP contribution in [0.15, 0.2) is 42.5 Å². The first-order valence-corrected chi connectivity index (χ1v) is 14.7. The molecular weight excluding hydrogens is 522 g/mol. The summed E-state index contributed by atoms with van der Waals surface area (Å²) in [4.78, 5) is 30.3. The Kier molecular flexibility index (Phi) is 10.9. The fourth-order valence-corrected chi connectivity index (χ4v) is 5.49. The largest absolute Gasteiger partial charge is 0.493 e. The van der Waals surface area contributed by atoms with Crippen molar-refractivity contribution in [3.63, 3.8) is 0 Å². The Balaban J connectivity index is 1.35. The van der Waals surface area contributed by atoms with Crippen LogP contribution in [0.3, 0.4) is 0 Å². The number of ether oxygens (including phenoxy) is 3. The third-order valence-corrected chi connectivity index (χ3v) is 7.80. The molecule has 0 spiro atoms. The zero-order valence-corrected chi connectivity index (χ0v) is 24.8. The van der Waals surface area contributed by atoms with Crippen LogP contribution >= 0.6 is 0 Å². The Labute approximate surface area is 244 Å². The van der Waals surface area contributed by atoms with Gasteiger partial charge in [0, 0.05) is 52.6 Å². The molecule has 2 aromatic rings. The molecule has 2 fully saturated rings. The van der Waals surface area contributed by atoms with Crippen LogP contribution in [-0.4, -0.2) is 96.8 Å². The summed E-state index contributed by atoms with van der Waals surface area (Å²) in [6.45, 7) is 7.98. The van der Waals surface area contributed by atoms with Crippen LogP contribution in [0, 0.1) is 6.92 Å². The van der Waals surface area contributed by atoms with Crippen molar-refractivity contribution in [3.8, 4) is 17.2 Å². The van der Waals surface area contributed by atoms with Gasteiger partial charge in [0.25, 0.3) is 0 Å². The van der Waals surface area contributed by atoms with Crippen molar-refractivity contribution in [2.75, 3.05) is 59.6 Å². The Morgan fingerprint density at radius 3 is 2.54 bits per heavy atom. The lowest BCUT2D eigenvalue weighted by molar-refractivity contribution is -0.132. The first kappa shape index (κ1) is 30.7. The van der Waals surface area contributed by atoms with Crippen molar-refractivity contribution in [2.24, 2.45) is 0 Å². The third kappa shape index (κ3) is 9.10. The van der Waals surface area contributed by atoms with Crippen molar-refractivity contribution in [3.05, 3.63) is 53.6 Å². The van der Waals surface area contributed by atoms with E-state index in [2.05, 4.69) is 4.90 Å². The van der Waals surface area contributed by atoms with E-state index < -0.39 is 5.60 Å². The summed E-state index contributed by atoms with van der Waals surface area (Å²) in [6, 6.07) is 13.6. The lowest BCUT2D eigenvalue weighted by Gasteiger charge is -2.32. The summed E-state index contributed by atoms with van der Waals surface area (Å²) in [5.74, 6) is 2.18. The zero-order chi connectivity index (χ0) is 29.2. The number of hydrogen-bond donors (Lipinski definition) is 1. The van der Waals surface area contributed by atoms with Gasteiger partial charge >= 0.3 is 0 Å². The summed E-state index contributed by atoms with van der Waals surface area (Å²) < 4.78 is 17.6. The zero-order valence-electron chi connectivity index (χ0n) is 24.8. The van der Waals surface area contributed by atoms with Gasteiger partial charge in [0.15, 0.2) is 11.5 Å². The average Bonchev–Trinajstić information content (AvgIpc) is 3.26. The maximum absolute atomic E-state index is 12.3. The van der Waals surface area contributed by atoms with E-state index in [1.54, 1.807) is 12.0 Å².